The predicted octanol–water partition coefficient (Wildman–Crippen LogP) is 4.62. The molecule has 0 aliphatic heterocycles. The largest absolute Gasteiger partial charge is 0.513 e. The molecule has 0 aliphatic carbocycles. The first-order valence-corrected chi connectivity index (χ1v) is 9.22. The second-order valence-corrected chi connectivity index (χ2v) is 6.44. The highest BCUT2D eigenvalue weighted by Gasteiger charge is 2.09. The molecule has 0 unspecified atom stereocenters. The Morgan fingerprint density at radius 2 is 1.66 bits per heavy atom. The van der Waals surface area contributed by atoms with Gasteiger partial charge in [-0.1, -0.05) is 26.0 Å². The maximum atomic E-state index is 12.4. The summed E-state index contributed by atoms with van der Waals surface area (Å²) in [6, 6.07) is 12.9. The Morgan fingerprint density at radius 3 is 2.28 bits per heavy atom. The summed E-state index contributed by atoms with van der Waals surface area (Å²) in [6.45, 7) is 5.86. The number of allylic oxidation sites excluding steroid dienone is 1. The molecule has 0 fully saturated rings. The maximum absolute atomic E-state index is 12.4. The third-order valence-electron chi connectivity index (χ3n) is 3.60. The van der Waals surface area contributed by atoms with Crippen LogP contribution in [0.25, 0.3) is 0 Å². The number of carbonyl (C=O) groups excluding carboxylic acids is 3. The summed E-state index contributed by atoms with van der Waals surface area (Å²) < 4.78 is 9.65. The molecule has 2 N–H and O–H groups in total. The van der Waals surface area contributed by atoms with E-state index in [4.69, 9.17) is 9.47 Å². The molecule has 0 spiro atoms. The summed E-state index contributed by atoms with van der Waals surface area (Å²) in [6.07, 6.45) is 2.48. The fraction of sp³-hybridized carbons (Fsp3) is 0.227. The lowest BCUT2D eigenvalue weighted by Gasteiger charge is -2.09. The quantitative estimate of drug-likeness (QED) is 0.404. The highest BCUT2D eigenvalue weighted by atomic mass is 16.7. The summed E-state index contributed by atoms with van der Waals surface area (Å²) in [5.74, 6) is -0.0187. The summed E-state index contributed by atoms with van der Waals surface area (Å²) in [4.78, 5) is 35.6. The SMILES string of the molecule is CCOC(=O)Oc1ccc(C(=O)Nc2cccc(NC(=O)/C=C/C(C)C)c2)cc1. The molecule has 0 heterocycles. The molecule has 0 aromatic heterocycles. The Labute approximate surface area is 169 Å². The minimum Gasteiger partial charge on any atom is -0.434 e. The van der Waals surface area contributed by atoms with E-state index >= 15 is 0 Å². The van der Waals surface area contributed by atoms with Crippen molar-refractivity contribution in [3.8, 4) is 5.75 Å². The van der Waals surface area contributed by atoms with Gasteiger partial charge < -0.3 is 20.1 Å². The molecule has 0 radical (unpaired) electrons. The Hall–Kier alpha value is -3.61. The zero-order valence-electron chi connectivity index (χ0n) is 16.6. The molecule has 0 atom stereocenters. The predicted molar refractivity (Wildman–Crippen MR) is 111 cm³/mol. The fourth-order valence-corrected chi connectivity index (χ4v) is 2.26. The van der Waals surface area contributed by atoms with Gasteiger partial charge in [0, 0.05) is 16.9 Å². The van der Waals surface area contributed by atoms with Gasteiger partial charge in [-0.15, -0.1) is 0 Å². The highest BCUT2D eigenvalue weighted by Crippen LogP contribution is 2.18. The van der Waals surface area contributed by atoms with Crippen molar-refractivity contribution >= 4 is 29.3 Å². The van der Waals surface area contributed by atoms with Gasteiger partial charge in [-0.25, -0.2) is 4.79 Å². The van der Waals surface area contributed by atoms with Crippen LogP contribution in [-0.2, 0) is 9.53 Å². The van der Waals surface area contributed by atoms with Crippen LogP contribution in [0, 0.1) is 5.92 Å². The van der Waals surface area contributed by atoms with Crippen LogP contribution in [0.15, 0.2) is 60.7 Å². The second kappa shape index (κ2) is 10.7. The average molecular weight is 396 g/mol. The van der Waals surface area contributed by atoms with Crippen LogP contribution in [-0.4, -0.2) is 24.6 Å². The molecule has 0 aliphatic rings. The van der Waals surface area contributed by atoms with Gasteiger partial charge in [0.1, 0.15) is 5.75 Å². The number of carbonyl (C=O) groups is 3. The van der Waals surface area contributed by atoms with E-state index in [-0.39, 0.29) is 30.1 Å². The smallest absolute Gasteiger partial charge is 0.434 e. The normalized spacial score (nSPS) is 10.6. The minimum atomic E-state index is -0.799. The lowest BCUT2D eigenvalue weighted by atomic mass is 10.2. The van der Waals surface area contributed by atoms with Crippen LogP contribution in [0.5, 0.6) is 5.75 Å². The number of anilines is 2. The van der Waals surface area contributed by atoms with Gasteiger partial charge in [0.25, 0.3) is 5.91 Å². The van der Waals surface area contributed by atoms with E-state index in [1.807, 2.05) is 13.8 Å². The van der Waals surface area contributed by atoms with Crippen LogP contribution in [0.1, 0.15) is 31.1 Å². The molecule has 0 saturated carbocycles. The van der Waals surface area contributed by atoms with Crippen LogP contribution in [0.4, 0.5) is 16.2 Å². The first kappa shape index (κ1) is 21.7. The van der Waals surface area contributed by atoms with Crippen molar-refractivity contribution in [2.24, 2.45) is 5.92 Å². The standard InChI is InChI=1S/C22H24N2O5/c1-4-28-22(27)29-19-11-9-16(10-12-19)21(26)24-18-7-5-6-17(14-18)23-20(25)13-8-15(2)3/h5-15H,4H2,1-3H3,(H,23,25)(H,24,26)/b13-8+. The summed E-state index contributed by atoms with van der Waals surface area (Å²) in [7, 11) is 0. The Morgan fingerprint density at radius 1 is 1.00 bits per heavy atom. The molecule has 2 rings (SSSR count). The number of hydrogen-bond acceptors (Lipinski definition) is 5. The molecule has 7 heteroatoms. The molecule has 7 nitrogen and oxygen atoms in total. The first-order chi connectivity index (χ1) is 13.9. The van der Waals surface area contributed by atoms with Crippen molar-refractivity contribution in [1.82, 2.24) is 0 Å². The summed E-state index contributed by atoms with van der Waals surface area (Å²) >= 11 is 0. The zero-order chi connectivity index (χ0) is 21.2. The van der Waals surface area contributed by atoms with Gasteiger partial charge in [-0.05, 0) is 61.4 Å². The summed E-state index contributed by atoms with van der Waals surface area (Å²) in [5, 5.41) is 5.51. The molecule has 2 aromatic carbocycles. The molecular formula is C22H24N2O5. The van der Waals surface area contributed by atoms with Crippen molar-refractivity contribution in [2.45, 2.75) is 20.8 Å². The van der Waals surface area contributed by atoms with Crippen LogP contribution in [0.2, 0.25) is 0 Å². The maximum Gasteiger partial charge on any atom is 0.513 e. The van der Waals surface area contributed by atoms with Crippen LogP contribution < -0.4 is 15.4 Å². The van der Waals surface area contributed by atoms with Gasteiger partial charge in [0.2, 0.25) is 5.91 Å². The van der Waals surface area contributed by atoms with Gasteiger partial charge in [0.15, 0.2) is 0 Å². The van der Waals surface area contributed by atoms with Gasteiger partial charge in [0.05, 0.1) is 6.61 Å². The fourth-order valence-electron chi connectivity index (χ4n) is 2.26. The van der Waals surface area contributed by atoms with E-state index in [0.717, 1.165) is 0 Å². The van der Waals surface area contributed by atoms with E-state index in [9.17, 15) is 14.4 Å². The van der Waals surface area contributed by atoms with Crippen molar-refractivity contribution in [3.63, 3.8) is 0 Å². The molecule has 0 bridgehead atoms. The minimum absolute atomic E-state index is 0.215. The average Bonchev–Trinajstić information content (AvgIpc) is 2.67. The van der Waals surface area contributed by atoms with E-state index in [0.29, 0.717) is 16.9 Å². The first-order valence-electron chi connectivity index (χ1n) is 9.22. The summed E-state index contributed by atoms with van der Waals surface area (Å²) in [5.41, 5.74) is 1.49. The molecule has 29 heavy (non-hydrogen) atoms. The third-order valence-corrected chi connectivity index (χ3v) is 3.60. The lowest BCUT2D eigenvalue weighted by molar-refractivity contribution is -0.111. The monoisotopic (exact) mass is 396 g/mol. The van der Waals surface area contributed by atoms with E-state index in [2.05, 4.69) is 10.6 Å². The highest BCUT2D eigenvalue weighted by molar-refractivity contribution is 6.05. The lowest BCUT2D eigenvalue weighted by Crippen LogP contribution is -2.13. The number of benzene rings is 2. The molecule has 152 valence electrons. The molecule has 2 amide bonds. The number of amides is 2. The van der Waals surface area contributed by atoms with E-state index in [1.165, 1.54) is 30.3 Å². The van der Waals surface area contributed by atoms with Gasteiger partial charge in [-0.3, -0.25) is 9.59 Å². The zero-order valence-corrected chi connectivity index (χ0v) is 16.6. The van der Waals surface area contributed by atoms with Crippen LogP contribution in [0.3, 0.4) is 0 Å². The number of hydrogen-bond donors (Lipinski definition) is 2. The van der Waals surface area contributed by atoms with E-state index < -0.39 is 6.16 Å². The Balaban J connectivity index is 1.98. The molecule has 0 saturated heterocycles. The Kier molecular flexibility index (Phi) is 7.97. The number of rotatable bonds is 7. The Bertz CT molecular complexity index is 888. The van der Waals surface area contributed by atoms with Gasteiger partial charge >= 0.3 is 6.16 Å². The van der Waals surface area contributed by atoms with Crippen molar-refractivity contribution in [2.75, 3.05) is 17.2 Å². The second-order valence-electron chi connectivity index (χ2n) is 6.44. The van der Waals surface area contributed by atoms with Crippen LogP contribution >= 0.6 is 0 Å². The van der Waals surface area contributed by atoms with Gasteiger partial charge in [-0.2, -0.15) is 0 Å². The third kappa shape index (κ3) is 7.50. The number of nitrogens with one attached hydrogen (secondary N) is 2. The molecule has 2 aromatic rings. The molecular weight excluding hydrogens is 372 g/mol. The van der Waals surface area contributed by atoms with E-state index in [1.54, 1.807) is 37.3 Å². The van der Waals surface area contributed by atoms with Crippen molar-refractivity contribution in [1.29, 1.82) is 0 Å². The number of ether oxygens (including phenoxy) is 2. The van der Waals surface area contributed by atoms with Crippen molar-refractivity contribution < 1.29 is 23.9 Å². The topological polar surface area (TPSA) is 93.7 Å². The van der Waals surface area contributed by atoms with Crippen molar-refractivity contribution in [3.05, 3.63) is 66.2 Å².